The molecule has 3 atom stereocenters. The zero-order valence-corrected chi connectivity index (χ0v) is 26.0. The van der Waals surface area contributed by atoms with Crippen LogP contribution in [0.25, 0.3) is 0 Å². The zero-order chi connectivity index (χ0) is 34.5. The van der Waals surface area contributed by atoms with Crippen LogP contribution in [0.2, 0.25) is 0 Å². The first-order valence-electron chi connectivity index (χ1n) is 14.2. The maximum atomic E-state index is 15.1. The van der Waals surface area contributed by atoms with Crippen molar-refractivity contribution in [3.8, 4) is 0 Å². The van der Waals surface area contributed by atoms with Crippen molar-refractivity contribution in [2.75, 3.05) is 11.5 Å². The molecule has 1 N–H and O–H groups in total. The highest BCUT2D eigenvalue weighted by Crippen LogP contribution is 2.58. The number of aryl methyl sites for hydroxylation is 2. The molecule has 2 saturated heterocycles. The first kappa shape index (κ1) is 34.5. The van der Waals surface area contributed by atoms with Crippen molar-refractivity contribution in [3.05, 3.63) is 64.5 Å². The molecule has 0 radical (unpaired) electrons. The van der Waals surface area contributed by atoms with E-state index in [0.29, 0.717) is 12.1 Å². The van der Waals surface area contributed by atoms with Gasteiger partial charge in [-0.15, -0.1) is 0 Å². The smallest absolute Gasteiger partial charge is 0.380 e. The van der Waals surface area contributed by atoms with Crippen molar-refractivity contribution < 1.29 is 61.9 Å². The fourth-order valence-electron chi connectivity index (χ4n) is 7.29. The van der Waals surface area contributed by atoms with Gasteiger partial charge in [0.15, 0.2) is 19.7 Å². The number of aliphatic hydroxyl groups is 1. The van der Waals surface area contributed by atoms with Gasteiger partial charge in [-0.1, -0.05) is 18.2 Å². The van der Waals surface area contributed by atoms with Crippen LogP contribution < -0.4 is 0 Å². The van der Waals surface area contributed by atoms with Gasteiger partial charge >= 0.3 is 18.0 Å². The Balaban J connectivity index is 1.73. The number of amides is 1. The fourth-order valence-corrected chi connectivity index (χ4v) is 11.5. The van der Waals surface area contributed by atoms with Crippen LogP contribution >= 0.6 is 0 Å². The van der Waals surface area contributed by atoms with E-state index < -0.39 is 113 Å². The summed E-state index contributed by atoms with van der Waals surface area (Å²) < 4.78 is 162. The van der Waals surface area contributed by atoms with Crippen molar-refractivity contribution in [1.29, 1.82) is 0 Å². The van der Waals surface area contributed by atoms with E-state index >= 15 is 4.39 Å². The van der Waals surface area contributed by atoms with Gasteiger partial charge in [-0.25, -0.2) is 25.6 Å². The van der Waals surface area contributed by atoms with Gasteiger partial charge in [-0.2, -0.15) is 26.3 Å². The summed E-state index contributed by atoms with van der Waals surface area (Å²) in [4.78, 5) is 14.7. The molecule has 5 rings (SSSR count). The van der Waals surface area contributed by atoms with E-state index in [0.717, 1.165) is 23.1 Å². The lowest BCUT2D eigenvalue weighted by atomic mass is 9.76. The summed E-state index contributed by atoms with van der Waals surface area (Å²) in [6, 6.07) is 1.67. The maximum Gasteiger partial charge on any atom is 0.435 e. The number of sulfone groups is 2. The predicted molar refractivity (Wildman–Crippen MR) is 147 cm³/mol. The number of carbonyl (C=O) groups is 1. The Bertz CT molecular complexity index is 1780. The third kappa shape index (κ3) is 4.93. The van der Waals surface area contributed by atoms with Crippen LogP contribution in [0, 0.1) is 12.7 Å². The number of hydrogen-bond donors (Lipinski definition) is 1. The van der Waals surface area contributed by atoms with E-state index in [4.69, 9.17) is 0 Å². The lowest BCUT2D eigenvalue weighted by Crippen LogP contribution is -2.59. The number of halogens is 8. The Labute approximate surface area is 259 Å². The quantitative estimate of drug-likeness (QED) is 0.356. The number of fused-ring (bicyclic) bond motifs is 3. The number of carbonyl (C=O) groups excluding carboxylic acids is 1. The van der Waals surface area contributed by atoms with Crippen LogP contribution in [-0.2, 0) is 41.3 Å². The standard InChI is InChI=1S/C29H29F8NO6S2/c1-16-13-20(30)5-7-22(16)46(43,44)26-15-17(2)38(24(39)25(40)9-11-45(41,42)12-10-25)23(26)8-3-18-14-19(4-6-21(18)26)27(31,28(32,33)34)29(35,36)37/h4-7,13-14,17,23,40H,3,8-12,15H2,1-2H3/t17-,23?,26?/m0/s1. The highest BCUT2D eigenvalue weighted by atomic mass is 32.2. The van der Waals surface area contributed by atoms with Crippen molar-refractivity contribution in [3.63, 3.8) is 0 Å². The Hall–Kier alpha value is -2.79. The highest BCUT2D eigenvalue weighted by Gasteiger charge is 2.74. The van der Waals surface area contributed by atoms with Gasteiger partial charge in [-0.3, -0.25) is 4.79 Å². The van der Waals surface area contributed by atoms with E-state index in [1.165, 1.54) is 13.8 Å². The van der Waals surface area contributed by atoms with E-state index in [1.807, 2.05) is 0 Å². The summed E-state index contributed by atoms with van der Waals surface area (Å²) in [5, 5.41) is 11.3. The van der Waals surface area contributed by atoms with Crippen molar-refractivity contribution in [1.82, 2.24) is 4.90 Å². The van der Waals surface area contributed by atoms with Crippen molar-refractivity contribution in [2.24, 2.45) is 0 Å². The topological polar surface area (TPSA) is 109 Å². The Morgan fingerprint density at radius 2 is 1.57 bits per heavy atom. The molecule has 254 valence electrons. The second kappa shape index (κ2) is 10.6. The minimum atomic E-state index is -6.42. The minimum Gasteiger partial charge on any atom is -0.380 e. The van der Waals surface area contributed by atoms with Gasteiger partial charge in [0.05, 0.1) is 22.4 Å². The lowest BCUT2D eigenvalue weighted by molar-refractivity contribution is -0.348. The van der Waals surface area contributed by atoms with Gasteiger partial charge in [0.2, 0.25) is 0 Å². The molecule has 2 unspecified atom stereocenters. The number of hydrogen-bond acceptors (Lipinski definition) is 6. The number of rotatable bonds is 4. The molecule has 2 aliphatic heterocycles. The molecular weight excluding hydrogens is 674 g/mol. The van der Waals surface area contributed by atoms with Crippen LogP contribution in [0.5, 0.6) is 0 Å². The monoisotopic (exact) mass is 703 g/mol. The van der Waals surface area contributed by atoms with Crippen LogP contribution in [-0.4, -0.2) is 74.3 Å². The van der Waals surface area contributed by atoms with Gasteiger partial charge in [0.25, 0.3) is 5.91 Å². The van der Waals surface area contributed by atoms with E-state index in [2.05, 4.69) is 0 Å². The molecule has 2 aromatic carbocycles. The second-order valence-electron chi connectivity index (χ2n) is 12.3. The van der Waals surface area contributed by atoms with E-state index in [-0.39, 0.29) is 35.6 Å². The molecule has 0 saturated carbocycles. The van der Waals surface area contributed by atoms with Gasteiger partial charge in [-0.05, 0) is 80.8 Å². The third-order valence-corrected chi connectivity index (χ3v) is 13.9. The zero-order valence-electron chi connectivity index (χ0n) is 24.3. The van der Waals surface area contributed by atoms with Crippen LogP contribution in [0.3, 0.4) is 0 Å². The van der Waals surface area contributed by atoms with Gasteiger partial charge in [0, 0.05) is 11.6 Å². The number of nitrogens with zero attached hydrogens (tertiary/aromatic N) is 1. The van der Waals surface area contributed by atoms with E-state index in [1.54, 1.807) is 0 Å². The second-order valence-corrected chi connectivity index (χ2v) is 16.8. The normalized spacial score (nSPS) is 26.4. The first-order valence-corrected chi connectivity index (χ1v) is 17.5. The first-order chi connectivity index (χ1) is 20.9. The fraction of sp³-hybridized carbons (Fsp3) is 0.552. The van der Waals surface area contributed by atoms with Crippen LogP contribution in [0.1, 0.15) is 54.9 Å². The van der Waals surface area contributed by atoms with Crippen LogP contribution in [0.4, 0.5) is 35.1 Å². The lowest BCUT2D eigenvalue weighted by Gasteiger charge is -2.45. The van der Waals surface area contributed by atoms with Crippen molar-refractivity contribution in [2.45, 2.75) is 91.3 Å². The summed E-state index contributed by atoms with van der Waals surface area (Å²) >= 11 is 0. The minimum absolute atomic E-state index is 0.0673. The average molecular weight is 704 g/mol. The molecule has 0 aromatic heterocycles. The number of alkyl halides is 7. The maximum absolute atomic E-state index is 15.1. The predicted octanol–water partition coefficient (Wildman–Crippen LogP) is 4.97. The summed E-state index contributed by atoms with van der Waals surface area (Å²) in [5.41, 5.74) is -10.4. The van der Waals surface area contributed by atoms with Crippen LogP contribution in [0.15, 0.2) is 41.3 Å². The number of benzene rings is 2. The molecule has 2 aromatic rings. The summed E-state index contributed by atoms with van der Waals surface area (Å²) in [6.07, 6.45) is -14.9. The molecule has 7 nitrogen and oxygen atoms in total. The SMILES string of the molecule is Cc1cc(F)ccc1S(=O)(=O)C12C[C@H](C)N(C(=O)C3(O)CCS(=O)(=O)CC3)C1CCc1cc(C(F)(C(F)(F)F)C(F)(F)F)ccc12. The molecule has 17 heteroatoms. The molecule has 0 bridgehead atoms. The molecular formula is C29H29F8NO6S2. The Morgan fingerprint density at radius 1 is 0.978 bits per heavy atom. The van der Waals surface area contributed by atoms with Crippen molar-refractivity contribution >= 4 is 25.6 Å². The molecule has 1 amide bonds. The van der Waals surface area contributed by atoms with E-state index in [9.17, 15) is 57.5 Å². The van der Waals surface area contributed by atoms with Gasteiger partial charge in [0.1, 0.15) is 16.2 Å². The summed E-state index contributed by atoms with van der Waals surface area (Å²) in [6.45, 7) is 2.73. The molecule has 3 aliphatic rings. The average Bonchev–Trinajstić information content (AvgIpc) is 3.25. The Morgan fingerprint density at radius 3 is 2.11 bits per heavy atom. The Kier molecular flexibility index (Phi) is 7.96. The molecule has 2 fully saturated rings. The largest absolute Gasteiger partial charge is 0.435 e. The highest BCUT2D eigenvalue weighted by molar-refractivity contribution is 7.92. The molecule has 2 heterocycles. The molecule has 0 spiro atoms. The summed E-state index contributed by atoms with van der Waals surface area (Å²) in [5.74, 6) is -2.79. The number of likely N-dealkylation sites (tertiary alicyclic amines) is 1. The third-order valence-electron chi connectivity index (χ3n) is 9.57. The summed E-state index contributed by atoms with van der Waals surface area (Å²) in [7, 11) is -8.32. The molecule has 46 heavy (non-hydrogen) atoms. The molecule has 1 aliphatic carbocycles. The van der Waals surface area contributed by atoms with Gasteiger partial charge < -0.3 is 10.0 Å².